The first-order chi connectivity index (χ1) is 18.0. The van der Waals surface area contributed by atoms with E-state index in [1.807, 2.05) is 68.4 Å². The molecule has 38 heavy (non-hydrogen) atoms. The molecular weight excluding hydrogens is 502 g/mol. The highest BCUT2D eigenvalue weighted by atomic mass is 32.2. The lowest BCUT2D eigenvalue weighted by atomic mass is 10.0. The smallest absolute Gasteiger partial charge is 0.243 e. The van der Waals surface area contributed by atoms with Crippen LogP contribution in [0, 0.1) is 5.92 Å². The molecule has 0 aromatic heterocycles. The highest BCUT2D eigenvalue weighted by molar-refractivity contribution is 7.93. The highest BCUT2D eigenvalue weighted by Gasteiger charge is 2.26. The zero-order chi connectivity index (χ0) is 28.1. The quantitative estimate of drug-likeness (QED) is 0.318. The number of aryl methyl sites for hydroxylation is 1. The van der Waals surface area contributed by atoms with Crippen molar-refractivity contribution in [3.8, 4) is 5.75 Å². The van der Waals surface area contributed by atoms with Crippen molar-refractivity contribution in [2.45, 2.75) is 57.7 Å². The Morgan fingerprint density at radius 1 is 0.921 bits per heavy atom. The van der Waals surface area contributed by atoms with Gasteiger partial charge in [0.15, 0.2) is 9.84 Å². The lowest BCUT2D eigenvalue weighted by Crippen LogP contribution is -2.54. The molecule has 3 atom stereocenters. The van der Waals surface area contributed by atoms with Gasteiger partial charge in [-0.3, -0.25) is 9.59 Å². The van der Waals surface area contributed by atoms with Crippen molar-refractivity contribution in [1.29, 1.82) is 0 Å². The molecule has 0 aliphatic rings. The van der Waals surface area contributed by atoms with Crippen molar-refractivity contribution < 1.29 is 22.7 Å². The van der Waals surface area contributed by atoms with Gasteiger partial charge in [0.1, 0.15) is 11.8 Å². The van der Waals surface area contributed by atoms with Crippen molar-refractivity contribution >= 4 is 21.7 Å². The van der Waals surface area contributed by atoms with E-state index < -0.39 is 28.0 Å². The zero-order valence-electron chi connectivity index (χ0n) is 22.9. The van der Waals surface area contributed by atoms with E-state index in [9.17, 15) is 18.0 Å². The van der Waals surface area contributed by atoms with Crippen LogP contribution in [0.5, 0.6) is 5.75 Å². The standard InChI is InChI=1S/C29H41N3O5S/c1-21(2)19-24(17-18-38(5,35)36)31-29(34)27(20-23-9-7-6-8-10-23)32-28(33)26(30-3)16-13-22-11-14-25(37-4)15-12-22/h6-12,14-15,17-18,21,24,26-27,30H,13,16,19-20H2,1-5H3,(H,31,34)(H,32,33)/b18-17+/t24-,26+,27+/m1/s1. The van der Waals surface area contributed by atoms with Gasteiger partial charge >= 0.3 is 0 Å². The lowest BCUT2D eigenvalue weighted by molar-refractivity contribution is -0.130. The third-order valence-electron chi connectivity index (χ3n) is 6.07. The average molecular weight is 544 g/mol. The van der Waals surface area contributed by atoms with Gasteiger partial charge in [0.2, 0.25) is 11.8 Å². The molecule has 8 nitrogen and oxygen atoms in total. The summed E-state index contributed by atoms with van der Waals surface area (Å²) in [5.41, 5.74) is 1.98. The fourth-order valence-electron chi connectivity index (χ4n) is 4.06. The summed E-state index contributed by atoms with van der Waals surface area (Å²) in [6.45, 7) is 3.99. The van der Waals surface area contributed by atoms with Crippen molar-refractivity contribution in [2.75, 3.05) is 20.4 Å². The molecule has 0 saturated heterocycles. The normalized spacial score (nSPS) is 14.2. The molecule has 9 heteroatoms. The molecule has 2 aromatic carbocycles. The summed E-state index contributed by atoms with van der Waals surface area (Å²) in [6.07, 6.45) is 4.69. The summed E-state index contributed by atoms with van der Waals surface area (Å²) in [4.78, 5) is 26.7. The van der Waals surface area contributed by atoms with Crippen molar-refractivity contribution in [3.05, 3.63) is 77.2 Å². The number of ether oxygens (including phenoxy) is 1. The molecule has 0 heterocycles. The molecule has 2 aromatic rings. The molecule has 208 valence electrons. The Kier molecular flexibility index (Phi) is 12.5. The summed E-state index contributed by atoms with van der Waals surface area (Å²) in [7, 11) is -0.00540. The number of amides is 2. The number of likely N-dealkylation sites (N-methyl/N-ethyl adjacent to an activating group) is 1. The zero-order valence-corrected chi connectivity index (χ0v) is 23.8. The van der Waals surface area contributed by atoms with Gasteiger partial charge < -0.3 is 20.7 Å². The summed E-state index contributed by atoms with van der Waals surface area (Å²) >= 11 is 0. The van der Waals surface area contributed by atoms with Gasteiger partial charge in [-0.1, -0.05) is 62.4 Å². The first kappa shape index (κ1) is 31.1. The second kappa shape index (κ2) is 15.3. The van der Waals surface area contributed by atoms with Crippen LogP contribution in [0.1, 0.15) is 37.8 Å². The van der Waals surface area contributed by atoms with Gasteiger partial charge in [-0.15, -0.1) is 0 Å². The molecule has 0 aliphatic heterocycles. The fourth-order valence-corrected chi connectivity index (χ4v) is 4.53. The number of rotatable bonds is 15. The van der Waals surface area contributed by atoms with Crippen molar-refractivity contribution in [1.82, 2.24) is 16.0 Å². The number of nitrogens with one attached hydrogen (secondary N) is 3. The molecule has 0 aliphatic carbocycles. The molecule has 3 N–H and O–H groups in total. The first-order valence-corrected chi connectivity index (χ1v) is 14.8. The Balaban J connectivity index is 2.16. The fraction of sp³-hybridized carbons (Fsp3) is 0.448. The third kappa shape index (κ3) is 11.5. The van der Waals surface area contributed by atoms with Crippen molar-refractivity contribution in [2.24, 2.45) is 5.92 Å². The third-order valence-corrected chi connectivity index (χ3v) is 6.72. The van der Waals surface area contributed by atoms with Crippen LogP contribution in [0.15, 0.2) is 66.1 Å². The van der Waals surface area contributed by atoms with Gasteiger partial charge in [-0.25, -0.2) is 8.42 Å². The number of hydrogen-bond acceptors (Lipinski definition) is 6. The van der Waals surface area contributed by atoms with Crippen LogP contribution in [-0.2, 0) is 32.3 Å². The first-order valence-electron chi connectivity index (χ1n) is 12.8. The lowest BCUT2D eigenvalue weighted by Gasteiger charge is -2.25. The number of hydrogen-bond donors (Lipinski definition) is 3. The highest BCUT2D eigenvalue weighted by Crippen LogP contribution is 2.14. The second-order valence-corrected chi connectivity index (χ2v) is 11.8. The summed E-state index contributed by atoms with van der Waals surface area (Å²) in [5, 5.41) is 10.0. The van der Waals surface area contributed by atoms with Crippen LogP contribution in [0.3, 0.4) is 0 Å². The van der Waals surface area contributed by atoms with E-state index >= 15 is 0 Å². The maximum atomic E-state index is 13.4. The van der Waals surface area contributed by atoms with Gasteiger partial charge in [-0.2, -0.15) is 0 Å². The minimum Gasteiger partial charge on any atom is -0.497 e. The molecule has 2 rings (SSSR count). The topological polar surface area (TPSA) is 114 Å². The van der Waals surface area contributed by atoms with Gasteiger partial charge in [0.25, 0.3) is 0 Å². The maximum Gasteiger partial charge on any atom is 0.243 e. The Morgan fingerprint density at radius 3 is 2.11 bits per heavy atom. The Bertz CT molecular complexity index is 1150. The van der Waals surface area contributed by atoms with E-state index in [-0.39, 0.29) is 17.7 Å². The monoisotopic (exact) mass is 543 g/mol. The molecule has 0 unspecified atom stereocenters. The van der Waals surface area contributed by atoms with Gasteiger partial charge in [0, 0.05) is 24.1 Å². The number of carbonyl (C=O) groups is 2. The summed E-state index contributed by atoms with van der Waals surface area (Å²) in [5.74, 6) is 0.354. The van der Waals surface area contributed by atoms with E-state index in [1.165, 1.54) is 6.08 Å². The second-order valence-electron chi connectivity index (χ2n) is 9.88. The van der Waals surface area contributed by atoms with E-state index in [4.69, 9.17) is 4.74 Å². The van der Waals surface area contributed by atoms with Crippen LogP contribution in [0.4, 0.5) is 0 Å². The van der Waals surface area contributed by atoms with Crippen molar-refractivity contribution in [3.63, 3.8) is 0 Å². The predicted octanol–water partition coefficient (Wildman–Crippen LogP) is 3.03. The molecule has 2 amide bonds. The van der Waals surface area contributed by atoms with E-state index in [0.717, 1.165) is 28.5 Å². The largest absolute Gasteiger partial charge is 0.497 e. The molecular formula is C29H41N3O5S. The minimum absolute atomic E-state index is 0.221. The number of methoxy groups -OCH3 is 1. The average Bonchev–Trinajstić information content (AvgIpc) is 2.87. The van der Waals surface area contributed by atoms with Gasteiger partial charge in [0.05, 0.1) is 13.2 Å². The van der Waals surface area contributed by atoms with Crippen LogP contribution in [-0.4, -0.2) is 58.8 Å². The molecule has 0 fully saturated rings. The van der Waals surface area contributed by atoms with Crippen LogP contribution in [0.2, 0.25) is 0 Å². The maximum absolute atomic E-state index is 13.4. The number of benzene rings is 2. The van der Waals surface area contributed by atoms with Crippen LogP contribution >= 0.6 is 0 Å². The summed E-state index contributed by atoms with van der Waals surface area (Å²) in [6, 6.07) is 15.4. The van der Waals surface area contributed by atoms with E-state index in [0.29, 0.717) is 25.7 Å². The van der Waals surface area contributed by atoms with Gasteiger partial charge in [-0.05, 0) is 55.5 Å². The van der Waals surface area contributed by atoms with Crippen LogP contribution in [0.25, 0.3) is 0 Å². The van der Waals surface area contributed by atoms with Crippen LogP contribution < -0.4 is 20.7 Å². The SMILES string of the molecule is CN[C@@H](CCc1ccc(OC)cc1)C(=O)N[C@@H](Cc1ccccc1)C(=O)N[C@H](/C=C/S(C)(=O)=O)CC(C)C. The minimum atomic E-state index is -3.34. The Hall–Kier alpha value is -3.17. The number of sulfone groups is 1. The molecule has 0 saturated carbocycles. The molecule has 0 spiro atoms. The van der Waals surface area contributed by atoms with E-state index in [2.05, 4.69) is 16.0 Å². The summed E-state index contributed by atoms with van der Waals surface area (Å²) < 4.78 is 28.5. The predicted molar refractivity (Wildman–Crippen MR) is 152 cm³/mol. The Morgan fingerprint density at radius 2 is 1.55 bits per heavy atom. The number of carbonyl (C=O) groups excluding carboxylic acids is 2. The molecule has 0 radical (unpaired) electrons. The Labute approximate surface area is 227 Å². The van der Waals surface area contributed by atoms with E-state index in [1.54, 1.807) is 14.2 Å². The molecule has 0 bridgehead atoms.